The molecule has 0 unspecified atom stereocenters. The number of ether oxygens (including phenoxy) is 1. The van der Waals surface area contributed by atoms with Gasteiger partial charge in [0.2, 0.25) is 4.77 Å². The van der Waals surface area contributed by atoms with Crippen LogP contribution in [0.4, 0.5) is 4.39 Å². The van der Waals surface area contributed by atoms with Crippen LogP contribution < -0.4 is 10.2 Å². The summed E-state index contributed by atoms with van der Waals surface area (Å²) in [4.78, 5) is 4.02. The molecule has 9 heteroatoms. The molecule has 0 aliphatic heterocycles. The Bertz CT molecular complexity index is 1170. The van der Waals surface area contributed by atoms with Crippen molar-refractivity contribution >= 4 is 23.8 Å². The maximum atomic E-state index is 13.8. The van der Waals surface area contributed by atoms with Crippen molar-refractivity contribution in [2.45, 2.75) is 13.2 Å². The first kappa shape index (κ1) is 20.1. The lowest BCUT2D eigenvalue weighted by Gasteiger charge is -2.11. The lowest BCUT2D eigenvalue weighted by atomic mass is 10.2. The molecule has 152 valence electrons. The molecule has 0 aliphatic carbocycles. The van der Waals surface area contributed by atoms with E-state index in [1.807, 2.05) is 36.4 Å². The number of pyridine rings is 1. The van der Waals surface area contributed by atoms with Crippen molar-refractivity contribution < 1.29 is 9.13 Å². The van der Waals surface area contributed by atoms with E-state index in [0.717, 1.165) is 11.1 Å². The fourth-order valence-electron chi connectivity index (χ4n) is 2.84. The zero-order valence-electron chi connectivity index (χ0n) is 15.7. The third kappa shape index (κ3) is 4.50. The van der Waals surface area contributed by atoms with Crippen molar-refractivity contribution in [2.75, 3.05) is 5.43 Å². The summed E-state index contributed by atoms with van der Waals surface area (Å²) >= 11 is 11.3. The maximum absolute atomic E-state index is 13.8. The van der Waals surface area contributed by atoms with Crippen molar-refractivity contribution in [1.82, 2.24) is 19.9 Å². The van der Waals surface area contributed by atoms with Gasteiger partial charge in [0.25, 0.3) is 0 Å². The second-order valence-electron chi connectivity index (χ2n) is 6.39. The van der Waals surface area contributed by atoms with E-state index in [1.165, 1.54) is 6.07 Å². The SMILES string of the molecule is Fc1cccc(Cl)c1COc1ccc(CNn2c(-c3ccncc3)n[nH]c2=S)cc1. The molecule has 2 aromatic carbocycles. The second kappa shape index (κ2) is 9.06. The van der Waals surface area contributed by atoms with E-state index in [1.54, 1.807) is 29.2 Å². The Morgan fingerprint density at radius 1 is 1.10 bits per heavy atom. The predicted molar refractivity (Wildman–Crippen MR) is 116 cm³/mol. The highest BCUT2D eigenvalue weighted by atomic mass is 35.5. The van der Waals surface area contributed by atoms with Crippen LogP contribution in [0.3, 0.4) is 0 Å². The van der Waals surface area contributed by atoms with Crippen molar-refractivity contribution in [2.24, 2.45) is 0 Å². The van der Waals surface area contributed by atoms with Crippen LogP contribution >= 0.6 is 23.8 Å². The van der Waals surface area contributed by atoms with Crippen molar-refractivity contribution in [3.8, 4) is 17.1 Å². The van der Waals surface area contributed by atoms with Gasteiger partial charge in [-0.25, -0.2) is 14.2 Å². The van der Waals surface area contributed by atoms with E-state index < -0.39 is 0 Å². The number of aromatic nitrogens is 4. The fraction of sp³-hybridized carbons (Fsp3) is 0.0952. The minimum absolute atomic E-state index is 0.0581. The highest BCUT2D eigenvalue weighted by Gasteiger charge is 2.09. The Morgan fingerprint density at radius 2 is 1.87 bits per heavy atom. The molecule has 0 atom stereocenters. The summed E-state index contributed by atoms with van der Waals surface area (Å²) < 4.78 is 21.7. The summed E-state index contributed by atoms with van der Waals surface area (Å²) in [5.41, 5.74) is 5.49. The van der Waals surface area contributed by atoms with Crippen LogP contribution in [0.15, 0.2) is 67.0 Å². The highest BCUT2D eigenvalue weighted by molar-refractivity contribution is 7.71. The number of nitrogens with zero attached hydrogens (tertiary/aromatic N) is 3. The summed E-state index contributed by atoms with van der Waals surface area (Å²) in [5.74, 6) is 0.907. The molecule has 0 spiro atoms. The quantitative estimate of drug-likeness (QED) is 0.390. The number of hydrogen-bond donors (Lipinski definition) is 2. The van der Waals surface area contributed by atoms with Crippen LogP contribution in [0, 0.1) is 10.6 Å². The summed E-state index contributed by atoms with van der Waals surface area (Å²) in [6, 6.07) is 15.8. The summed E-state index contributed by atoms with van der Waals surface area (Å²) in [5, 5.41) is 7.41. The molecule has 2 aromatic heterocycles. The molecule has 0 saturated carbocycles. The van der Waals surface area contributed by atoms with E-state index in [4.69, 9.17) is 28.6 Å². The Morgan fingerprint density at radius 3 is 2.60 bits per heavy atom. The summed E-state index contributed by atoms with van der Waals surface area (Å²) in [6.07, 6.45) is 3.40. The summed E-state index contributed by atoms with van der Waals surface area (Å²) in [6.45, 7) is 0.577. The molecule has 0 fully saturated rings. The van der Waals surface area contributed by atoms with Crippen LogP contribution in [0.5, 0.6) is 5.75 Å². The van der Waals surface area contributed by atoms with Gasteiger partial charge in [-0.3, -0.25) is 4.98 Å². The lowest BCUT2D eigenvalue weighted by Crippen LogP contribution is -2.15. The molecule has 2 heterocycles. The van der Waals surface area contributed by atoms with E-state index >= 15 is 0 Å². The van der Waals surface area contributed by atoms with E-state index in [0.29, 0.717) is 33.5 Å². The maximum Gasteiger partial charge on any atom is 0.214 e. The molecule has 4 rings (SSSR count). The fourth-order valence-corrected chi connectivity index (χ4v) is 3.25. The van der Waals surface area contributed by atoms with Gasteiger partial charge >= 0.3 is 0 Å². The number of halogens is 2. The van der Waals surface area contributed by atoms with Gasteiger partial charge < -0.3 is 10.2 Å². The van der Waals surface area contributed by atoms with Crippen LogP contribution in [0.1, 0.15) is 11.1 Å². The zero-order chi connectivity index (χ0) is 20.9. The molecule has 0 aliphatic rings. The first-order chi connectivity index (χ1) is 14.6. The normalized spacial score (nSPS) is 10.7. The van der Waals surface area contributed by atoms with Gasteiger partial charge in [0.15, 0.2) is 5.82 Å². The second-order valence-corrected chi connectivity index (χ2v) is 7.19. The first-order valence-corrected chi connectivity index (χ1v) is 9.87. The largest absolute Gasteiger partial charge is 0.489 e. The van der Waals surface area contributed by atoms with Crippen LogP contribution in [0.2, 0.25) is 5.02 Å². The predicted octanol–water partition coefficient (Wildman–Crippen LogP) is 5.12. The zero-order valence-corrected chi connectivity index (χ0v) is 17.3. The minimum Gasteiger partial charge on any atom is -0.489 e. The van der Waals surface area contributed by atoms with E-state index in [9.17, 15) is 4.39 Å². The molecule has 0 saturated heterocycles. The van der Waals surface area contributed by atoms with Gasteiger partial charge in [-0.2, -0.15) is 5.10 Å². The number of hydrogen-bond acceptors (Lipinski definition) is 5. The number of aromatic amines is 1. The van der Waals surface area contributed by atoms with Gasteiger partial charge in [-0.15, -0.1) is 0 Å². The van der Waals surface area contributed by atoms with Gasteiger partial charge in [-0.05, 0) is 54.2 Å². The molecule has 6 nitrogen and oxygen atoms in total. The molecular formula is C21H17ClFN5OS. The topological polar surface area (TPSA) is 67.8 Å². The molecule has 30 heavy (non-hydrogen) atoms. The lowest BCUT2D eigenvalue weighted by molar-refractivity contribution is 0.300. The first-order valence-electron chi connectivity index (χ1n) is 9.08. The highest BCUT2D eigenvalue weighted by Crippen LogP contribution is 2.22. The minimum atomic E-state index is -0.384. The molecule has 0 amide bonds. The van der Waals surface area contributed by atoms with E-state index in [-0.39, 0.29) is 12.4 Å². The van der Waals surface area contributed by atoms with Gasteiger partial charge in [0.05, 0.1) is 11.6 Å². The summed E-state index contributed by atoms with van der Waals surface area (Å²) in [7, 11) is 0. The van der Waals surface area contributed by atoms with Crippen LogP contribution in [0.25, 0.3) is 11.4 Å². The molecular weight excluding hydrogens is 425 g/mol. The van der Waals surface area contributed by atoms with Crippen molar-refractivity contribution in [1.29, 1.82) is 0 Å². The third-order valence-corrected chi connectivity index (χ3v) is 5.05. The number of H-pyrrole nitrogens is 1. The Hall–Kier alpha value is -3.23. The molecule has 2 N–H and O–H groups in total. The van der Waals surface area contributed by atoms with Crippen LogP contribution in [-0.4, -0.2) is 19.9 Å². The number of benzene rings is 2. The van der Waals surface area contributed by atoms with E-state index in [2.05, 4.69) is 20.6 Å². The standard InChI is InChI=1S/C21H17ClFN5OS/c22-18-2-1-3-19(23)17(18)13-29-16-6-4-14(5-7-16)12-25-28-20(26-27-21(28)30)15-8-10-24-11-9-15/h1-11,25H,12-13H2,(H,27,30). The number of nitrogens with one attached hydrogen (secondary N) is 2. The Balaban J connectivity index is 1.40. The average molecular weight is 442 g/mol. The molecule has 4 aromatic rings. The Labute approximate surface area is 182 Å². The number of rotatable bonds is 7. The molecule has 0 bridgehead atoms. The van der Waals surface area contributed by atoms with Gasteiger partial charge in [0, 0.05) is 23.5 Å². The van der Waals surface area contributed by atoms with Crippen LogP contribution in [-0.2, 0) is 13.2 Å². The Kier molecular flexibility index (Phi) is 6.06. The monoisotopic (exact) mass is 441 g/mol. The smallest absolute Gasteiger partial charge is 0.214 e. The molecule has 0 radical (unpaired) electrons. The van der Waals surface area contributed by atoms with Gasteiger partial charge in [0.1, 0.15) is 18.2 Å². The van der Waals surface area contributed by atoms with Crippen molar-refractivity contribution in [3.05, 3.63) is 93.7 Å². The van der Waals surface area contributed by atoms with Crippen molar-refractivity contribution in [3.63, 3.8) is 0 Å². The average Bonchev–Trinajstić information content (AvgIpc) is 3.14. The van der Waals surface area contributed by atoms with Gasteiger partial charge in [-0.1, -0.05) is 29.8 Å². The third-order valence-electron chi connectivity index (χ3n) is 4.42.